The van der Waals surface area contributed by atoms with E-state index in [1.54, 1.807) is 19.1 Å². The Bertz CT molecular complexity index is 472. The number of nitro benzene ring substituents is 1. The number of nitro groups is 1. The summed E-state index contributed by atoms with van der Waals surface area (Å²) >= 11 is 0. The van der Waals surface area contributed by atoms with Crippen LogP contribution in [0.1, 0.15) is 27.2 Å². The van der Waals surface area contributed by atoms with Crippen LogP contribution in [0.2, 0.25) is 0 Å². The second kappa shape index (κ2) is 6.56. The highest BCUT2D eigenvalue weighted by Gasteiger charge is 2.22. The van der Waals surface area contributed by atoms with E-state index in [4.69, 9.17) is 4.74 Å². The molecule has 0 bridgehead atoms. The summed E-state index contributed by atoms with van der Waals surface area (Å²) in [7, 11) is 1.39. The van der Waals surface area contributed by atoms with Gasteiger partial charge in [0.2, 0.25) is 0 Å². The standard InChI is InChI=1S/C14H22N2O4/c1-10(2)8-14(3,17)9-15-11-5-6-12(16(18)19)13(7-11)20-4/h5-7,10,15,17H,8-9H2,1-4H3. The molecule has 0 spiro atoms. The zero-order valence-corrected chi connectivity index (χ0v) is 12.3. The number of hydrogen-bond acceptors (Lipinski definition) is 5. The summed E-state index contributed by atoms with van der Waals surface area (Å²) in [4.78, 5) is 10.3. The summed E-state index contributed by atoms with van der Waals surface area (Å²) in [5.74, 6) is 0.585. The first-order valence-electron chi connectivity index (χ1n) is 6.54. The Labute approximate surface area is 118 Å². The van der Waals surface area contributed by atoms with Gasteiger partial charge in [-0.25, -0.2) is 0 Å². The molecule has 6 heteroatoms. The Hall–Kier alpha value is -1.82. The Morgan fingerprint density at radius 3 is 2.65 bits per heavy atom. The smallest absolute Gasteiger partial charge is 0.311 e. The molecule has 1 rings (SSSR count). The minimum atomic E-state index is -0.830. The third kappa shape index (κ3) is 4.70. The van der Waals surface area contributed by atoms with Crippen LogP contribution in [0.15, 0.2) is 18.2 Å². The zero-order valence-electron chi connectivity index (χ0n) is 12.3. The lowest BCUT2D eigenvalue weighted by atomic mass is 9.94. The molecule has 0 saturated carbocycles. The molecule has 0 amide bonds. The fraction of sp³-hybridized carbons (Fsp3) is 0.571. The molecular formula is C14H22N2O4. The second-order valence-electron chi connectivity index (χ2n) is 5.59. The molecule has 6 nitrogen and oxygen atoms in total. The van der Waals surface area contributed by atoms with Gasteiger partial charge in [-0.3, -0.25) is 10.1 Å². The maximum Gasteiger partial charge on any atom is 0.311 e. The van der Waals surface area contributed by atoms with Crippen LogP contribution in [0.5, 0.6) is 5.75 Å². The number of ether oxygens (including phenoxy) is 1. The second-order valence-corrected chi connectivity index (χ2v) is 5.59. The fourth-order valence-corrected chi connectivity index (χ4v) is 2.18. The van der Waals surface area contributed by atoms with Crippen molar-refractivity contribution in [1.82, 2.24) is 0 Å². The van der Waals surface area contributed by atoms with Gasteiger partial charge in [0, 0.05) is 24.4 Å². The molecule has 2 N–H and O–H groups in total. The molecule has 0 fully saturated rings. The monoisotopic (exact) mass is 282 g/mol. The normalized spacial score (nSPS) is 13.9. The molecule has 0 aliphatic carbocycles. The van der Waals surface area contributed by atoms with Gasteiger partial charge < -0.3 is 15.2 Å². The number of rotatable bonds is 7. The molecule has 0 heterocycles. The number of aliphatic hydroxyl groups is 1. The van der Waals surface area contributed by atoms with Gasteiger partial charge in [0.25, 0.3) is 0 Å². The molecule has 0 aliphatic heterocycles. The van der Waals surface area contributed by atoms with Crippen molar-refractivity contribution in [2.75, 3.05) is 19.0 Å². The zero-order chi connectivity index (χ0) is 15.3. The topological polar surface area (TPSA) is 84.6 Å². The van der Waals surface area contributed by atoms with Crippen molar-refractivity contribution in [2.24, 2.45) is 5.92 Å². The predicted octanol–water partition coefficient (Wildman–Crippen LogP) is 2.81. The van der Waals surface area contributed by atoms with E-state index in [0.29, 0.717) is 24.6 Å². The Balaban J connectivity index is 2.77. The number of benzene rings is 1. The summed E-state index contributed by atoms with van der Waals surface area (Å²) in [6, 6.07) is 4.55. The van der Waals surface area contributed by atoms with Gasteiger partial charge >= 0.3 is 5.69 Å². The summed E-state index contributed by atoms with van der Waals surface area (Å²) in [5, 5.41) is 24.1. The summed E-state index contributed by atoms with van der Waals surface area (Å²) in [6.45, 7) is 6.22. The van der Waals surface area contributed by atoms with Gasteiger partial charge in [-0.15, -0.1) is 0 Å². The van der Waals surface area contributed by atoms with E-state index in [0.717, 1.165) is 0 Å². The molecule has 1 aromatic carbocycles. The Morgan fingerprint density at radius 2 is 2.15 bits per heavy atom. The average Bonchev–Trinajstić information content (AvgIpc) is 2.34. The molecule has 0 aromatic heterocycles. The molecule has 112 valence electrons. The van der Waals surface area contributed by atoms with Gasteiger partial charge in [0.05, 0.1) is 17.6 Å². The lowest BCUT2D eigenvalue weighted by Crippen LogP contribution is -2.34. The number of methoxy groups -OCH3 is 1. The molecule has 1 atom stereocenters. The van der Waals surface area contributed by atoms with Crippen LogP contribution in [0.25, 0.3) is 0 Å². The van der Waals surface area contributed by atoms with Crippen LogP contribution >= 0.6 is 0 Å². The lowest BCUT2D eigenvalue weighted by molar-refractivity contribution is -0.385. The van der Waals surface area contributed by atoms with Crippen LogP contribution in [0, 0.1) is 16.0 Å². The van der Waals surface area contributed by atoms with Crippen molar-refractivity contribution < 1.29 is 14.8 Å². The van der Waals surface area contributed by atoms with E-state index in [-0.39, 0.29) is 11.4 Å². The summed E-state index contributed by atoms with van der Waals surface area (Å²) in [5.41, 5.74) is -0.230. The molecule has 0 radical (unpaired) electrons. The minimum absolute atomic E-state index is 0.0769. The first kappa shape index (κ1) is 16.2. The molecule has 1 aromatic rings. The highest BCUT2D eigenvalue weighted by molar-refractivity contribution is 5.58. The minimum Gasteiger partial charge on any atom is -0.490 e. The molecule has 0 saturated heterocycles. The van der Waals surface area contributed by atoms with Crippen molar-refractivity contribution in [1.29, 1.82) is 0 Å². The largest absolute Gasteiger partial charge is 0.490 e. The van der Waals surface area contributed by atoms with Gasteiger partial charge in [0.1, 0.15) is 0 Å². The van der Waals surface area contributed by atoms with Crippen LogP contribution in [0.4, 0.5) is 11.4 Å². The number of nitrogens with one attached hydrogen (secondary N) is 1. The van der Waals surface area contributed by atoms with Gasteiger partial charge in [-0.2, -0.15) is 0 Å². The predicted molar refractivity (Wildman–Crippen MR) is 78.2 cm³/mol. The van der Waals surface area contributed by atoms with E-state index < -0.39 is 10.5 Å². The maximum absolute atomic E-state index is 10.8. The van der Waals surface area contributed by atoms with Crippen LogP contribution < -0.4 is 10.1 Å². The van der Waals surface area contributed by atoms with Crippen molar-refractivity contribution in [2.45, 2.75) is 32.8 Å². The van der Waals surface area contributed by atoms with Crippen molar-refractivity contribution in [3.8, 4) is 5.75 Å². The van der Waals surface area contributed by atoms with Gasteiger partial charge in [-0.1, -0.05) is 13.8 Å². The quantitative estimate of drug-likeness (QED) is 0.593. The highest BCUT2D eigenvalue weighted by Crippen LogP contribution is 2.30. The first-order chi connectivity index (χ1) is 9.25. The third-order valence-electron chi connectivity index (χ3n) is 2.90. The fourth-order valence-electron chi connectivity index (χ4n) is 2.18. The van der Waals surface area contributed by atoms with Crippen LogP contribution in [0.3, 0.4) is 0 Å². The Morgan fingerprint density at radius 1 is 1.50 bits per heavy atom. The van der Waals surface area contributed by atoms with E-state index in [9.17, 15) is 15.2 Å². The number of nitrogens with zero attached hydrogens (tertiary/aromatic N) is 1. The molecular weight excluding hydrogens is 260 g/mol. The third-order valence-corrected chi connectivity index (χ3v) is 2.90. The lowest BCUT2D eigenvalue weighted by Gasteiger charge is -2.26. The van der Waals surface area contributed by atoms with E-state index in [2.05, 4.69) is 5.32 Å². The highest BCUT2D eigenvalue weighted by atomic mass is 16.6. The van der Waals surface area contributed by atoms with Gasteiger partial charge in [-0.05, 0) is 25.3 Å². The van der Waals surface area contributed by atoms with Crippen molar-refractivity contribution in [3.05, 3.63) is 28.3 Å². The van der Waals surface area contributed by atoms with E-state index >= 15 is 0 Å². The van der Waals surface area contributed by atoms with Crippen LogP contribution in [-0.4, -0.2) is 29.3 Å². The molecule has 1 unspecified atom stereocenters. The first-order valence-corrected chi connectivity index (χ1v) is 6.54. The SMILES string of the molecule is COc1cc(NCC(C)(O)CC(C)C)ccc1[N+](=O)[O-]. The molecule has 0 aliphatic rings. The average molecular weight is 282 g/mol. The Kier molecular flexibility index (Phi) is 5.33. The summed E-state index contributed by atoms with van der Waals surface area (Å²) in [6.07, 6.45) is 0.671. The van der Waals surface area contributed by atoms with Crippen LogP contribution in [-0.2, 0) is 0 Å². The van der Waals surface area contributed by atoms with E-state index in [1.165, 1.54) is 13.2 Å². The summed E-state index contributed by atoms with van der Waals surface area (Å²) < 4.78 is 5.00. The maximum atomic E-state index is 10.8. The van der Waals surface area contributed by atoms with Gasteiger partial charge in [0.15, 0.2) is 5.75 Å². The number of anilines is 1. The van der Waals surface area contributed by atoms with Crippen molar-refractivity contribution in [3.63, 3.8) is 0 Å². The van der Waals surface area contributed by atoms with Crippen molar-refractivity contribution >= 4 is 11.4 Å². The number of hydrogen-bond donors (Lipinski definition) is 2. The molecule has 20 heavy (non-hydrogen) atoms. The van der Waals surface area contributed by atoms with E-state index in [1.807, 2.05) is 13.8 Å².